The molecule has 27 heavy (non-hydrogen) atoms. The summed E-state index contributed by atoms with van der Waals surface area (Å²) in [5.41, 5.74) is 7.18. The van der Waals surface area contributed by atoms with Gasteiger partial charge in [-0.15, -0.1) is 0 Å². The van der Waals surface area contributed by atoms with Gasteiger partial charge in [0.1, 0.15) is 0 Å². The average molecular weight is 387 g/mol. The van der Waals surface area contributed by atoms with Crippen LogP contribution in [0.4, 0.5) is 5.69 Å². The van der Waals surface area contributed by atoms with Crippen molar-refractivity contribution in [2.24, 2.45) is 5.73 Å². The minimum Gasteiger partial charge on any atom is -0.369 e. The molecule has 4 N–H and O–H groups in total. The Kier molecular flexibility index (Phi) is 6.86. The molecule has 0 heterocycles. The molecule has 0 aliphatic carbocycles. The van der Waals surface area contributed by atoms with E-state index < -0.39 is 15.9 Å². The van der Waals surface area contributed by atoms with E-state index in [1.807, 2.05) is 0 Å². The Morgan fingerprint density at radius 2 is 1.67 bits per heavy atom. The molecule has 0 atom stereocenters. The Bertz CT molecular complexity index is 934. The van der Waals surface area contributed by atoms with Crippen molar-refractivity contribution in [1.82, 2.24) is 4.72 Å². The third kappa shape index (κ3) is 6.36. The second-order valence-corrected chi connectivity index (χ2v) is 7.50. The van der Waals surface area contributed by atoms with Crippen LogP contribution in [-0.4, -0.2) is 26.8 Å². The summed E-state index contributed by atoms with van der Waals surface area (Å²) in [4.78, 5) is 23.0. The number of sulfonamides is 1. The second kappa shape index (κ2) is 9.11. The van der Waals surface area contributed by atoms with Gasteiger partial charge in [-0.25, -0.2) is 13.1 Å². The number of carbonyl (C=O) groups is 2. The summed E-state index contributed by atoms with van der Waals surface area (Å²) in [5.74, 6) is -0.749. The Morgan fingerprint density at radius 3 is 2.22 bits per heavy atom. The third-order valence-corrected chi connectivity index (χ3v) is 5.11. The molecule has 0 unspecified atom stereocenters. The highest BCUT2D eigenvalue weighted by atomic mass is 32.2. The van der Waals surface area contributed by atoms with Crippen LogP contribution in [-0.2, 0) is 26.0 Å². The number of nitrogens with one attached hydrogen (secondary N) is 2. The number of nitrogens with two attached hydrogens (primary N) is 1. The number of benzene rings is 2. The normalized spacial score (nSPS) is 11.4. The number of primary amides is 1. The molecule has 0 saturated carbocycles. The van der Waals surface area contributed by atoms with Gasteiger partial charge in [0.05, 0.1) is 11.3 Å². The van der Waals surface area contributed by atoms with E-state index in [1.54, 1.807) is 49.4 Å². The first-order chi connectivity index (χ1) is 12.8. The van der Waals surface area contributed by atoms with Gasteiger partial charge in [0.15, 0.2) is 0 Å². The average Bonchev–Trinajstić information content (AvgIpc) is 2.61. The molecule has 8 heteroatoms. The fourth-order valence-corrected chi connectivity index (χ4v) is 3.34. The standard InChI is InChI=1S/C19H21N3O4S/c1-2-21-27(25,26)17-10-5-14(6-11-17)7-12-19(24)22-16-8-3-15(4-9-16)13-18(20)23/h3-12,21H,2,13H2,1H3,(H2,20,23)(H,22,24)/b12-7+. The van der Waals surface area contributed by atoms with Crippen LogP contribution in [0.5, 0.6) is 0 Å². The van der Waals surface area contributed by atoms with Crippen molar-refractivity contribution in [3.63, 3.8) is 0 Å². The summed E-state index contributed by atoms with van der Waals surface area (Å²) in [6, 6.07) is 13.0. The van der Waals surface area contributed by atoms with Crippen molar-refractivity contribution in [3.05, 3.63) is 65.7 Å². The van der Waals surface area contributed by atoms with Crippen LogP contribution in [0.15, 0.2) is 59.5 Å². The molecule has 142 valence electrons. The summed E-state index contributed by atoms with van der Waals surface area (Å²) >= 11 is 0. The topological polar surface area (TPSA) is 118 Å². The van der Waals surface area contributed by atoms with Gasteiger partial charge in [0.2, 0.25) is 21.8 Å². The van der Waals surface area contributed by atoms with Crippen molar-refractivity contribution in [3.8, 4) is 0 Å². The summed E-state index contributed by atoms with van der Waals surface area (Å²) in [6.07, 6.45) is 3.08. The number of rotatable bonds is 8. The van der Waals surface area contributed by atoms with E-state index in [1.165, 1.54) is 18.2 Å². The van der Waals surface area contributed by atoms with Crippen molar-refractivity contribution in [2.75, 3.05) is 11.9 Å². The fourth-order valence-electron chi connectivity index (χ4n) is 2.29. The summed E-state index contributed by atoms with van der Waals surface area (Å²) in [5, 5.41) is 2.70. The molecule has 0 aromatic heterocycles. The highest BCUT2D eigenvalue weighted by molar-refractivity contribution is 7.89. The van der Waals surface area contributed by atoms with Gasteiger partial charge < -0.3 is 11.1 Å². The molecule has 0 radical (unpaired) electrons. The van der Waals surface area contributed by atoms with Gasteiger partial charge in [-0.2, -0.15) is 0 Å². The van der Waals surface area contributed by atoms with E-state index in [0.29, 0.717) is 17.8 Å². The molecule has 2 aromatic rings. The lowest BCUT2D eigenvalue weighted by molar-refractivity contribution is -0.117. The number of carbonyl (C=O) groups excluding carboxylic acids is 2. The van der Waals surface area contributed by atoms with E-state index in [2.05, 4.69) is 10.0 Å². The number of amides is 2. The van der Waals surface area contributed by atoms with Gasteiger partial charge >= 0.3 is 0 Å². The maximum Gasteiger partial charge on any atom is 0.248 e. The first-order valence-corrected chi connectivity index (χ1v) is 9.74. The van der Waals surface area contributed by atoms with E-state index >= 15 is 0 Å². The lowest BCUT2D eigenvalue weighted by Crippen LogP contribution is -2.22. The minimum absolute atomic E-state index is 0.146. The smallest absolute Gasteiger partial charge is 0.248 e. The Hall–Kier alpha value is -2.97. The van der Waals surface area contributed by atoms with E-state index in [-0.39, 0.29) is 17.2 Å². The van der Waals surface area contributed by atoms with Crippen LogP contribution in [0, 0.1) is 0 Å². The minimum atomic E-state index is -3.49. The molecule has 0 saturated heterocycles. The Labute approximate surface area is 158 Å². The molecule has 2 aromatic carbocycles. The van der Waals surface area contributed by atoms with Crippen molar-refractivity contribution in [1.29, 1.82) is 0 Å². The van der Waals surface area contributed by atoms with Crippen LogP contribution >= 0.6 is 0 Å². The van der Waals surface area contributed by atoms with Crippen molar-refractivity contribution in [2.45, 2.75) is 18.2 Å². The SMILES string of the molecule is CCNS(=O)(=O)c1ccc(/C=C/C(=O)Nc2ccc(CC(N)=O)cc2)cc1. The maximum absolute atomic E-state index is 12.0. The quantitative estimate of drug-likeness (QED) is 0.597. The molecule has 7 nitrogen and oxygen atoms in total. The maximum atomic E-state index is 12.0. The number of anilines is 1. The molecule has 0 aliphatic rings. The van der Waals surface area contributed by atoms with Gasteiger partial charge in [0, 0.05) is 18.3 Å². The third-order valence-electron chi connectivity index (χ3n) is 3.55. The zero-order valence-electron chi connectivity index (χ0n) is 14.8. The molecule has 0 fully saturated rings. The summed E-state index contributed by atoms with van der Waals surface area (Å²) in [7, 11) is -3.49. The zero-order valence-corrected chi connectivity index (χ0v) is 15.6. The summed E-state index contributed by atoms with van der Waals surface area (Å²) in [6.45, 7) is 2.02. The molecule has 2 rings (SSSR count). The number of hydrogen-bond acceptors (Lipinski definition) is 4. The van der Waals surface area contributed by atoms with Crippen LogP contribution in [0.3, 0.4) is 0 Å². The molecular weight excluding hydrogens is 366 g/mol. The second-order valence-electron chi connectivity index (χ2n) is 5.73. The highest BCUT2D eigenvalue weighted by Gasteiger charge is 2.11. The van der Waals surface area contributed by atoms with Gasteiger partial charge in [-0.05, 0) is 41.5 Å². The molecule has 0 bridgehead atoms. The van der Waals surface area contributed by atoms with Crippen LogP contribution in [0.2, 0.25) is 0 Å². The van der Waals surface area contributed by atoms with Crippen LogP contribution in [0.1, 0.15) is 18.1 Å². The van der Waals surface area contributed by atoms with E-state index in [9.17, 15) is 18.0 Å². The zero-order chi connectivity index (χ0) is 19.9. The predicted octanol–water partition coefficient (Wildman–Crippen LogP) is 1.66. The van der Waals surface area contributed by atoms with Crippen molar-refractivity contribution >= 4 is 33.6 Å². The van der Waals surface area contributed by atoms with Crippen LogP contribution < -0.4 is 15.8 Å². The molecule has 0 spiro atoms. The van der Waals surface area contributed by atoms with E-state index in [4.69, 9.17) is 5.73 Å². The lowest BCUT2D eigenvalue weighted by atomic mass is 10.1. The van der Waals surface area contributed by atoms with Crippen LogP contribution in [0.25, 0.3) is 6.08 Å². The fraction of sp³-hybridized carbons (Fsp3) is 0.158. The van der Waals surface area contributed by atoms with E-state index in [0.717, 1.165) is 5.56 Å². The number of hydrogen-bond donors (Lipinski definition) is 3. The first-order valence-electron chi connectivity index (χ1n) is 8.26. The van der Waals surface area contributed by atoms with Crippen molar-refractivity contribution < 1.29 is 18.0 Å². The monoisotopic (exact) mass is 387 g/mol. The Morgan fingerprint density at radius 1 is 1.04 bits per heavy atom. The van der Waals surface area contributed by atoms with Gasteiger partial charge in [-0.3, -0.25) is 9.59 Å². The highest BCUT2D eigenvalue weighted by Crippen LogP contribution is 2.13. The lowest BCUT2D eigenvalue weighted by Gasteiger charge is -2.05. The molecule has 0 aliphatic heterocycles. The first kappa shape index (κ1) is 20.3. The Balaban J connectivity index is 1.97. The predicted molar refractivity (Wildman–Crippen MR) is 104 cm³/mol. The van der Waals surface area contributed by atoms with Gasteiger partial charge in [-0.1, -0.05) is 31.2 Å². The molecular formula is C19H21N3O4S. The summed E-state index contributed by atoms with van der Waals surface area (Å²) < 4.78 is 26.2. The largest absolute Gasteiger partial charge is 0.369 e. The van der Waals surface area contributed by atoms with Gasteiger partial charge in [0.25, 0.3) is 0 Å². The molecule has 2 amide bonds.